The van der Waals surface area contributed by atoms with E-state index in [1.807, 2.05) is 13.8 Å². The second-order valence-electron chi connectivity index (χ2n) is 4.25. The van der Waals surface area contributed by atoms with Crippen LogP contribution >= 0.6 is 0 Å². The van der Waals surface area contributed by atoms with Crippen molar-refractivity contribution < 1.29 is 24.2 Å². The Morgan fingerprint density at radius 3 is 2.28 bits per heavy atom. The van der Waals surface area contributed by atoms with Crippen molar-refractivity contribution in [3.63, 3.8) is 0 Å². The van der Waals surface area contributed by atoms with Gasteiger partial charge < -0.3 is 20.5 Å². The molecule has 0 radical (unpaired) electrons. The summed E-state index contributed by atoms with van der Waals surface area (Å²) in [5.74, 6) is -1.69. The lowest BCUT2D eigenvalue weighted by molar-refractivity contribution is -0.144. The Kier molecular flexibility index (Phi) is 7.69. The van der Waals surface area contributed by atoms with Crippen LogP contribution in [-0.4, -0.2) is 49.2 Å². The van der Waals surface area contributed by atoms with Crippen molar-refractivity contribution >= 4 is 17.8 Å². The number of nitrogens with one attached hydrogen (secondary N) is 2. The van der Waals surface area contributed by atoms with Crippen molar-refractivity contribution in [1.82, 2.24) is 10.6 Å². The quantitative estimate of drug-likeness (QED) is 0.538. The number of ether oxygens (including phenoxy) is 1. The molecule has 0 fully saturated rings. The van der Waals surface area contributed by atoms with Crippen molar-refractivity contribution in [2.45, 2.75) is 26.3 Å². The van der Waals surface area contributed by atoms with Gasteiger partial charge in [-0.25, -0.2) is 4.79 Å². The van der Waals surface area contributed by atoms with Crippen molar-refractivity contribution in [3.05, 3.63) is 0 Å². The first-order valence-corrected chi connectivity index (χ1v) is 5.67. The number of carboxylic acid groups (broad SMARTS) is 1. The number of hydrogen-bond acceptors (Lipinski definition) is 4. The number of amides is 2. The van der Waals surface area contributed by atoms with Gasteiger partial charge in [-0.1, -0.05) is 13.8 Å². The zero-order chi connectivity index (χ0) is 14.1. The average Bonchev–Trinajstić information content (AvgIpc) is 2.25. The Balaban J connectivity index is 4.18. The minimum absolute atomic E-state index is 0.243. The van der Waals surface area contributed by atoms with E-state index in [0.717, 1.165) is 0 Å². The van der Waals surface area contributed by atoms with E-state index in [0.29, 0.717) is 6.42 Å². The molecule has 7 nitrogen and oxygen atoms in total. The standard InChI is InChI=1S/C11H20N2O5/c1-7(2)4-8(11(17)12-3)13-9(14)5-18-6-10(15)16/h7-8H,4-6H2,1-3H3,(H,12,17)(H,13,14)(H,15,16). The smallest absolute Gasteiger partial charge is 0.329 e. The van der Waals surface area contributed by atoms with Crippen LogP contribution in [0.2, 0.25) is 0 Å². The fourth-order valence-electron chi connectivity index (χ4n) is 1.34. The number of likely N-dealkylation sites (N-methyl/N-ethyl adjacent to an activating group) is 1. The van der Waals surface area contributed by atoms with E-state index in [1.54, 1.807) is 0 Å². The largest absolute Gasteiger partial charge is 0.480 e. The first-order chi connectivity index (χ1) is 8.36. The maximum atomic E-state index is 11.5. The lowest BCUT2D eigenvalue weighted by Crippen LogP contribution is -2.47. The third kappa shape index (κ3) is 7.61. The van der Waals surface area contributed by atoms with Crippen LogP contribution in [0.4, 0.5) is 0 Å². The molecule has 3 N–H and O–H groups in total. The lowest BCUT2D eigenvalue weighted by Gasteiger charge is -2.18. The molecule has 0 aliphatic rings. The molecule has 0 saturated heterocycles. The highest BCUT2D eigenvalue weighted by Crippen LogP contribution is 2.04. The Morgan fingerprint density at radius 2 is 1.83 bits per heavy atom. The van der Waals surface area contributed by atoms with E-state index < -0.39 is 24.5 Å². The highest BCUT2D eigenvalue weighted by Gasteiger charge is 2.20. The number of carbonyl (C=O) groups is 3. The number of carbonyl (C=O) groups excluding carboxylic acids is 2. The zero-order valence-electron chi connectivity index (χ0n) is 10.9. The van der Waals surface area contributed by atoms with Crippen molar-refractivity contribution in [2.24, 2.45) is 5.92 Å². The van der Waals surface area contributed by atoms with Gasteiger partial charge in [0.2, 0.25) is 11.8 Å². The van der Waals surface area contributed by atoms with Gasteiger partial charge in [0.15, 0.2) is 0 Å². The first-order valence-electron chi connectivity index (χ1n) is 5.67. The average molecular weight is 260 g/mol. The molecule has 1 unspecified atom stereocenters. The Hall–Kier alpha value is -1.63. The second-order valence-corrected chi connectivity index (χ2v) is 4.25. The molecule has 1 atom stereocenters. The first kappa shape index (κ1) is 16.4. The highest BCUT2D eigenvalue weighted by molar-refractivity contribution is 5.87. The minimum Gasteiger partial charge on any atom is -0.480 e. The zero-order valence-corrected chi connectivity index (χ0v) is 10.9. The molecule has 0 bridgehead atoms. The summed E-state index contributed by atoms with van der Waals surface area (Å²) in [4.78, 5) is 33.1. The topological polar surface area (TPSA) is 105 Å². The summed E-state index contributed by atoms with van der Waals surface area (Å²) in [6.45, 7) is 2.95. The SMILES string of the molecule is CNC(=O)C(CC(C)C)NC(=O)COCC(=O)O. The molecule has 0 aromatic carbocycles. The molecule has 0 aromatic heterocycles. The number of rotatable bonds is 8. The van der Waals surface area contributed by atoms with Crippen LogP contribution in [0.3, 0.4) is 0 Å². The van der Waals surface area contributed by atoms with E-state index in [4.69, 9.17) is 5.11 Å². The molecule has 2 amide bonds. The summed E-state index contributed by atoms with van der Waals surface area (Å²) >= 11 is 0. The molecule has 0 saturated carbocycles. The molecule has 0 aliphatic heterocycles. The van der Waals surface area contributed by atoms with Gasteiger partial charge in [0.25, 0.3) is 0 Å². The molecule has 18 heavy (non-hydrogen) atoms. The molecule has 0 aromatic rings. The molecule has 7 heteroatoms. The van der Waals surface area contributed by atoms with Crippen LogP contribution in [0.5, 0.6) is 0 Å². The molecule has 0 aliphatic carbocycles. The predicted molar refractivity (Wildman–Crippen MR) is 63.9 cm³/mol. The van der Waals surface area contributed by atoms with Crippen LogP contribution < -0.4 is 10.6 Å². The summed E-state index contributed by atoms with van der Waals surface area (Å²) in [6, 6.07) is -0.629. The van der Waals surface area contributed by atoms with Crippen LogP contribution in [0.1, 0.15) is 20.3 Å². The van der Waals surface area contributed by atoms with E-state index >= 15 is 0 Å². The van der Waals surface area contributed by atoms with Gasteiger partial charge >= 0.3 is 5.97 Å². The third-order valence-electron chi connectivity index (χ3n) is 2.06. The fourth-order valence-corrected chi connectivity index (χ4v) is 1.34. The number of hydrogen-bond donors (Lipinski definition) is 3. The van der Waals surface area contributed by atoms with Gasteiger partial charge in [0, 0.05) is 7.05 Å². The molecule has 0 heterocycles. The second kappa shape index (κ2) is 8.46. The van der Waals surface area contributed by atoms with Crippen LogP contribution in [0.15, 0.2) is 0 Å². The molecule has 0 rings (SSSR count). The van der Waals surface area contributed by atoms with Gasteiger partial charge in [-0.05, 0) is 12.3 Å². The van der Waals surface area contributed by atoms with Crippen LogP contribution in [-0.2, 0) is 19.1 Å². The third-order valence-corrected chi connectivity index (χ3v) is 2.06. The Labute approximate surface area is 106 Å². The molecule has 104 valence electrons. The maximum Gasteiger partial charge on any atom is 0.329 e. The summed E-state index contributed by atoms with van der Waals surface area (Å²) in [5, 5.41) is 13.3. The van der Waals surface area contributed by atoms with Crippen LogP contribution in [0, 0.1) is 5.92 Å². The summed E-state index contributed by atoms with van der Waals surface area (Å²) < 4.78 is 4.63. The normalized spacial score (nSPS) is 12.0. The van der Waals surface area contributed by atoms with Crippen molar-refractivity contribution in [2.75, 3.05) is 20.3 Å². The van der Waals surface area contributed by atoms with E-state index in [9.17, 15) is 14.4 Å². The van der Waals surface area contributed by atoms with Gasteiger partial charge in [0.05, 0.1) is 0 Å². The fraction of sp³-hybridized carbons (Fsp3) is 0.727. The molecule has 0 spiro atoms. The lowest BCUT2D eigenvalue weighted by atomic mass is 10.0. The monoisotopic (exact) mass is 260 g/mol. The number of carboxylic acids is 1. The van der Waals surface area contributed by atoms with Crippen molar-refractivity contribution in [3.8, 4) is 0 Å². The summed E-state index contributed by atoms with van der Waals surface area (Å²) in [7, 11) is 1.49. The minimum atomic E-state index is -1.15. The van der Waals surface area contributed by atoms with Crippen molar-refractivity contribution in [1.29, 1.82) is 0 Å². The summed E-state index contributed by atoms with van der Waals surface area (Å²) in [5.41, 5.74) is 0. The van der Waals surface area contributed by atoms with Gasteiger partial charge in [-0.15, -0.1) is 0 Å². The van der Waals surface area contributed by atoms with Crippen LogP contribution in [0.25, 0.3) is 0 Å². The maximum absolute atomic E-state index is 11.5. The van der Waals surface area contributed by atoms with Gasteiger partial charge in [-0.2, -0.15) is 0 Å². The molecular formula is C11H20N2O5. The Morgan fingerprint density at radius 1 is 1.22 bits per heavy atom. The van der Waals surface area contributed by atoms with Gasteiger partial charge in [-0.3, -0.25) is 9.59 Å². The summed E-state index contributed by atoms with van der Waals surface area (Å²) in [6.07, 6.45) is 0.504. The Bertz CT molecular complexity index is 304. The van der Waals surface area contributed by atoms with E-state index in [2.05, 4.69) is 15.4 Å². The highest BCUT2D eigenvalue weighted by atomic mass is 16.5. The number of aliphatic carboxylic acids is 1. The van der Waals surface area contributed by atoms with E-state index in [-0.39, 0.29) is 18.4 Å². The molecular weight excluding hydrogens is 240 g/mol. The van der Waals surface area contributed by atoms with E-state index in [1.165, 1.54) is 7.05 Å². The van der Waals surface area contributed by atoms with Gasteiger partial charge in [0.1, 0.15) is 19.3 Å². The predicted octanol–water partition coefficient (Wildman–Crippen LogP) is -0.635.